The minimum absolute atomic E-state index is 0.0228. The molecule has 2 aromatic carbocycles. The molecule has 9 heteroatoms. The first-order chi connectivity index (χ1) is 12.4. The van der Waals surface area contributed by atoms with Gasteiger partial charge in [-0.2, -0.15) is 0 Å². The molecule has 132 valence electrons. The van der Waals surface area contributed by atoms with Crippen LogP contribution in [0.3, 0.4) is 0 Å². The summed E-state index contributed by atoms with van der Waals surface area (Å²) in [5, 5.41) is 5.89. The number of rotatable bonds is 4. The molecule has 2 N–H and O–H groups in total. The van der Waals surface area contributed by atoms with Crippen molar-refractivity contribution in [2.24, 2.45) is 0 Å². The highest BCUT2D eigenvalue weighted by atomic mass is 35.5. The number of aromatic nitrogens is 2. The van der Waals surface area contributed by atoms with Crippen LogP contribution in [0.1, 0.15) is 10.5 Å². The first kappa shape index (κ1) is 18.0. The second kappa shape index (κ2) is 7.63. The summed E-state index contributed by atoms with van der Waals surface area (Å²) < 4.78 is 26.6. The lowest BCUT2D eigenvalue weighted by molar-refractivity contribution is 0.102. The van der Waals surface area contributed by atoms with Crippen molar-refractivity contribution in [1.29, 1.82) is 0 Å². The summed E-state index contributed by atoms with van der Waals surface area (Å²) in [6, 6.07) is 9.01. The summed E-state index contributed by atoms with van der Waals surface area (Å²) >= 11 is 11.8. The molecule has 1 heterocycles. The zero-order chi connectivity index (χ0) is 18.7. The van der Waals surface area contributed by atoms with Gasteiger partial charge in [0.15, 0.2) is 0 Å². The lowest BCUT2D eigenvalue weighted by atomic mass is 10.3. The van der Waals surface area contributed by atoms with E-state index in [2.05, 4.69) is 20.6 Å². The quantitative estimate of drug-likeness (QED) is 0.648. The molecule has 5 nitrogen and oxygen atoms in total. The highest BCUT2D eigenvalue weighted by Crippen LogP contribution is 2.26. The smallest absolute Gasteiger partial charge is 0.274 e. The predicted octanol–water partition coefficient (Wildman–Crippen LogP) is 5.06. The van der Waals surface area contributed by atoms with Gasteiger partial charge < -0.3 is 10.6 Å². The summed E-state index contributed by atoms with van der Waals surface area (Å²) in [7, 11) is 0. The Morgan fingerprint density at radius 2 is 1.77 bits per heavy atom. The van der Waals surface area contributed by atoms with Gasteiger partial charge >= 0.3 is 0 Å². The fourth-order valence-corrected chi connectivity index (χ4v) is 2.49. The third-order valence-corrected chi connectivity index (χ3v) is 3.79. The maximum atomic E-state index is 13.7. The molecular formula is C17H10Cl2F2N4O. The molecule has 1 amide bonds. The number of carbonyl (C=O) groups excluding carboxylic acids is 1. The normalized spacial score (nSPS) is 10.5. The van der Waals surface area contributed by atoms with Crippen molar-refractivity contribution in [3.8, 4) is 0 Å². The molecule has 0 radical (unpaired) electrons. The molecule has 0 fully saturated rings. The molecule has 0 saturated carbocycles. The topological polar surface area (TPSA) is 66.9 Å². The molecule has 0 saturated heterocycles. The van der Waals surface area contributed by atoms with Gasteiger partial charge in [0.25, 0.3) is 5.91 Å². The predicted molar refractivity (Wildman–Crippen MR) is 96.1 cm³/mol. The number of hydrogen-bond acceptors (Lipinski definition) is 4. The first-order valence-electron chi connectivity index (χ1n) is 7.24. The molecule has 3 aromatic rings. The van der Waals surface area contributed by atoms with Crippen molar-refractivity contribution in [3.63, 3.8) is 0 Å². The van der Waals surface area contributed by atoms with Crippen LogP contribution >= 0.6 is 23.2 Å². The van der Waals surface area contributed by atoms with Gasteiger partial charge in [0.05, 0.1) is 16.4 Å². The van der Waals surface area contributed by atoms with Crippen LogP contribution in [0.2, 0.25) is 10.0 Å². The van der Waals surface area contributed by atoms with Gasteiger partial charge in [0.2, 0.25) is 5.95 Å². The molecule has 1 aromatic heterocycles. The van der Waals surface area contributed by atoms with Crippen LogP contribution < -0.4 is 10.6 Å². The standard InChI is InChI=1S/C17H10Cl2F2N4O/c18-9-1-3-13(11(19)7-9)23-16(26)15-5-6-22-17(25-15)24-14-4-2-10(20)8-12(14)21/h1-8H,(H,23,26)(H,22,24,25). The molecule has 0 atom stereocenters. The summed E-state index contributed by atoms with van der Waals surface area (Å²) in [6.45, 7) is 0. The van der Waals surface area contributed by atoms with E-state index in [4.69, 9.17) is 23.2 Å². The Morgan fingerprint density at radius 1 is 1.00 bits per heavy atom. The van der Waals surface area contributed by atoms with E-state index in [9.17, 15) is 13.6 Å². The highest BCUT2D eigenvalue weighted by molar-refractivity contribution is 6.36. The Hall–Kier alpha value is -2.77. The number of halogens is 4. The van der Waals surface area contributed by atoms with Crippen LogP contribution in [-0.2, 0) is 0 Å². The van der Waals surface area contributed by atoms with Crippen LogP contribution in [-0.4, -0.2) is 15.9 Å². The van der Waals surface area contributed by atoms with E-state index in [-0.39, 0.29) is 22.4 Å². The zero-order valence-electron chi connectivity index (χ0n) is 12.9. The number of hydrogen-bond donors (Lipinski definition) is 2. The molecule has 3 rings (SSSR count). The average Bonchev–Trinajstić information content (AvgIpc) is 2.60. The fourth-order valence-electron chi connectivity index (χ4n) is 2.03. The lowest BCUT2D eigenvalue weighted by Gasteiger charge is -2.09. The average molecular weight is 395 g/mol. The maximum Gasteiger partial charge on any atom is 0.274 e. The second-order valence-electron chi connectivity index (χ2n) is 5.09. The van der Waals surface area contributed by atoms with Gasteiger partial charge in [-0.25, -0.2) is 18.7 Å². The van der Waals surface area contributed by atoms with E-state index in [1.165, 1.54) is 24.4 Å². The van der Waals surface area contributed by atoms with Crippen LogP contribution in [0.5, 0.6) is 0 Å². The molecule has 26 heavy (non-hydrogen) atoms. The lowest BCUT2D eigenvalue weighted by Crippen LogP contribution is -2.15. The molecule has 0 unspecified atom stereocenters. The molecule has 0 spiro atoms. The van der Waals surface area contributed by atoms with Crippen molar-refractivity contribution >= 4 is 46.4 Å². The SMILES string of the molecule is O=C(Nc1ccc(Cl)cc1Cl)c1ccnc(Nc2ccc(F)cc2F)n1. The molecule has 0 aliphatic heterocycles. The number of anilines is 3. The third kappa shape index (κ3) is 4.25. The summed E-state index contributed by atoms with van der Waals surface area (Å²) in [6.07, 6.45) is 1.33. The van der Waals surface area contributed by atoms with E-state index in [0.29, 0.717) is 10.7 Å². The Kier molecular flexibility index (Phi) is 5.29. The monoisotopic (exact) mass is 394 g/mol. The Labute approximate surface area is 157 Å². The van der Waals surface area contributed by atoms with Gasteiger partial charge in [0.1, 0.15) is 17.3 Å². The summed E-state index contributed by atoms with van der Waals surface area (Å²) in [5.41, 5.74) is 0.361. The van der Waals surface area contributed by atoms with E-state index >= 15 is 0 Å². The Balaban J connectivity index is 1.79. The van der Waals surface area contributed by atoms with Gasteiger partial charge in [-0.3, -0.25) is 4.79 Å². The van der Waals surface area contributed by atoms with E-state index in [1.807, 2.05) is 0 Å². The largest absolute Gasteiger partial charge is 0.322 e. The highest BCUT2D eigenvalue weighted by Gasteiger charge is 2.12. The van der Waals surface area contributed by atoms with Crippen LogP contribution in [0.25, 0.3) is 0 Å². The maximum absolute atomic E-state index is 13.7. The summed E-state index contributed by atoms with van der Waals surface area (Å²) in [4.78, 5) is 20.2. The van der Waals surface area contributed by atoms with E-state index in [1.54, 1.807) is 12.1 Å². The number of nitrogens with zero attached hydrogens (tertiary/aromatic N) is 2. The van der Waals surface area contributed by atoms with Crippen molar-refractivity contribution < 1.29 is 13.6 Å². The first-order valence-corrected chi connectivity index (χ1v) is 7.99. The number of amides is 1. The van der Waals surface area contributed by atoms with E-state index < -0.39 is 17.5 Å². The van der Waals surface area contributed by atoms with Crippen molar-refractivity contribution in [2.45, 2.75) is 0 Å². The third-order valence-electron chi connectivity index (χ3n) is 3.25. The van der Waals surface area contributed by atoms with Gasteiger partial charge in [-0.05, 0) is 36.4 Å². The van der Waals surface area contributed by atoms with Crippen molar-refractivity contribution in [3.05, 3.63) is 76.0 Å². The van der Waals surface area contributed by atoms with Gasteiger partial charge in [0, 0.05) is 17.3 Å². The molecular weight excluding hydrogens is 385 g/mol. The molecule has 0 aliphatic rings. The van der Waals surface area contributed by atoms with Crippen LogP contribution in [0.4, 0.5) is 26.1 Å². The van der Waals surface area contributed by atoms with Crippen LogP contribution in [0.15, 0.2) is 48.7 Å². The zero-order valence-corrected chi connectivity index (χ0v) is 14.4. The minimum atomic E-state index is -0.809. The van der Waals surface area contributed by atoms with Gasteiger partial charge in [-0.1, -0.05) is 23.2 Å². The second-order valence-corrected chi connectivity index (χ2v) is 5.94. The van der Waals surface area contributed by atoms with Crippen LogP contribution in [0, 0.1) is 11.6 Å². The molecule has 0 aliphatic carbocycles. The number of carbonyl (C=O) groups is 1. The minimum Gasteiger partial charge on any atom is -0.322 e. The van der Waals surface area contributed by atoms with Crippen molar-refractivity contribution in [1.82, 2.24) is 9.97 Å². The summed E-state index contributed by atoms with van der Waals surface area (Å²) in [5.74, 6) is -2.08. The van der Waals surface area contributed by atoms with E-state index in [0.717, 1.165) is 12.1 Å². The number of nitrogens with one attached hydrogen (secondary N) is 2. The molecule has 0 bridgehead atoms. The number of benzene rings is 2. The van der Waals surface area contributed by atoms with Gasteiger partial charge in [-0.15, -0.1) is 0 Å². The Morgan fingerprint density at radius 3 is 2.50 bits per heavy atom. The Bertz CT molecular complexity index is 985. The van der Waals surface area contributed by atoms with Crippen molar-refractivity contribution in [2.75, 3.05) is 10.6 Å². The fraction of sp³-hybridized carbons (Fsp3) is 0.